The summed E-state index contributed by atoms with van der Waals surface area (Å²) in [5, 5.41) is 0. The van der Waals surface area contributed by atoms with Crippen molar-refractivity contribution in [2.24, 2.45) is 5.92 Å². The minimum absolute atomic E-state index is 0.0503. The van der Waals surface area contributed by atoms with E-state index in [4.69, 9.17) is 0 Å². The van der Waals surface area contributed by atoms with E-state index in [1.54, 1.807) is 0 Å². The van der Waals surface area contributed by atoms with Gasteiger partial charge in [-0.1, -0.05) is 0 Å². The van der Waals surface area contributed by atoms with Crippen LogP contribution in [0.5, 0.6) is 0 Å². The molecule has 3 rings (SSSR count). The fraction of sp³-hybridized carbons (Fsp3) is 0.588. The molecule has 1 amide bonds. The molecule has 2 aliphatic rings. The van der Waals surface area contributed by atoms with Crippen molar-refractivity contribution in [1.82, 2.24) is 9.21 Å². The van der Waals surface area contributed by atoms with Crippen LogP contribution in [0.4, 0.5) is 17.6 Å². The largest absolute Gasteiger partial charge is 0.393 e. The van der Waals surface area contributed by atoms with Crippen LogP contribution in [-0.4, -0.2) is 55.9 Å². The number of amides is 1. The topological polar surface area (TPSA) is 57.7 Å². The number of hydrogen-bond acceptors (Lipinski definition) is 3. The molecule has 0 aromatic heterocycles. The number of hydrogen-bond donors (Lipinski definition) is 0. The van der Waals surface area contributed by atoms with Crippen LogP contribution < -0.4 is 0 Å². The number of likely N-dealkylation sites (tertiary alicyclic amines) is 1. The van der Waals surface area contributed by atoms with Crippen LogP contribution in [0.1, 0.15) is 36.0 Å². The lowest BCUT2D eigenvalue weighted by Gasteiger charge is -2.33. The van der Waals surface area contributed by atoms with Gasteiger partial charge in [0.1, 0.15) is 10.7 Å². The molecule has 1 aromatic rings. The summed E-state index contributed by atoms with van der Waals surface area (Å²) in [6.45, 7) is 0.226. The van der Waals surface area contributed by atoms with Gasteiger partial charge in [-0.15, -0.1) is 0 Å². The van der Waals surface area contributed by atoms with Gasteiger partial charge in [-0.25, -0.2) is 12.8 Å². The zero-order valence-electron chi connectivity index (χ0n) is 14.5. The predicted octanol–water partition coefficient (Wildman–Crippen LogP) is 3.02. The van der Waals surface area contributed by atoms with Crippen molar-refractivity contribution < 1.29 is 30.8 Å². The number of piperidine rings is 1. The second-order valence-corrected chi connectivity index (χ2v) is 8.79. The van der Waals surface area contributed by atoms with Gasteiger partial charge in [0.25, 0.3) is 5.91 Å². The van der Waals surface area contributed by atoms with Gasteiger partial charge in [-0.05, 0) is 43.9 Å². The Kier molecular flexibility index (Phi) is 5.49. The highest BCUT2D eigenvalue weighted by atomic mass is 32.2. The highest BCUT2D eigenvalue weighted by molar-refractivity contribution is 7.89. The Morgan fingerprint density at radius 3 is 2.37 bits per heavy atom. The molecule has 0 saturated carbocycles. The van der Waals surface area contributed by atoms with Crippen molar-refractivity contribution in [3.63, 3.8) is 0 Å². The third-order valence-electron chi connectivity index (χ3n) is 5.03. The molecule has 150 valence electrons. The third-order valence-corrected chi connectivity index (χ3v) is 6.95. The Morgan fingerprint density at radius 1 is 1.07 bits per heavy atom. The normalized spacial score (nSPS) is 22.2. The van der Waals surface area contributed by atoms with Gasteiger partial charge in [-0.3, -0.25) is 4.79 Å². The number of halogens is 4. The third kappa shape index (κ3) is 4.11. The Morgan fingerprint density at radius 2 is 1.74 bits per heavy atom. The van der Waals surface area contributed by atoms with Crippen molar-refractivity contribution in [3.8, 4) is 0 Å². The first-order chi connectivity index (χ1) is 12.6. The van der Waals surface area contributed by atoms with E-state index in [0.717, 1.165) is 27.4 Å². The number of benzene rings is 1. The van der Waals surface area contributed by atoms with E-state index < -0.39 is 45.3 Å². The summed E-state index contributed by atoms with van der Waals surface area (Å²) in [6, 6.07) is 2.92. The molecule has 2 fully saturated rings. The average molecular weight is 408 g/mol. The quantitative estimate of drug-likeness (QED) is 0.723. The molecule has 0 N–H and O–H groups in total. The summed E-state index contributed by atoms with van der Waals surface area (Å²) in [6.07, 6.45) is -2.90. The molecule has 2 saturated heterocycles. The van der Waals surface area contributed by atoms with E-state index in [2.05, 4.69) is 0 Å². The summed E-state index contributed by atoms with van der Waals surface area (Å²) in [7, 11) is -4.08. The molecule has 1 aromatic carbocycles. The van der Waals surface area contributed by atoms with E-state index in [9.17, 15) is 30.8 Å². The molecule has 2 aliphatic heterocycles. The molecule has 10 heteroatoms. The minimum Gasteiger partial charge on any atom is -0.338 e. The summed E-state index contributed by atoms with van der Waals surface area (Å²) in [5.74, 6) is -3.31. The molecule has 0 radical (unpaired) electrons. The molecule has 27 heavy (non-hydrogen) atoms. The Bertz CT molecular complexity index is 820. The van der Waals surface area contributed by atoms with Crippen molar-refractivity contribution in [3.05, 3.63) is 29.6 Å². The molecule has 0 bridgehead atoms. The highest BCUT2D eigenvalue weighted by Crippen LogP contribution is 2.34. The lowest BCUT2D eigenvalue weighted by molar-refractivity contribution is -0.184. The van der Waals surface area contributed by atoms with Gasteiger partial charge in [0.2, 0.25) is 10.0 Å². The van der Waals surface area contributed by atoms with Crippen molar-refractivity contribution >= 4 is 15.9 Å². The van der Waals surface area contributed by atoms with Gasteiger partial charge in [0.15, 0.2) is 0 Å². The summed E-state index contributed by atoms with van der Waals surface area (Å²) in [5.41, 5.74) is -0.128. The second-order valence-electron chi connectivity index (χ2n) is 6.89. The monoisotopic (exact) mass is 408 g/mol. The summed E-state index contributed by atoms with van der Waals surface area (Å²) < 4.78 is 79.4. The van der Waals surface area contributed by atoms with Gasteiger partial charge in [-0.2, -0.15) is 17.5 Å². The van der Waals surface area contributed by atoms with E-state index in [0.29, 0.717) is 12.8 Å². The smallest absolute Gasteiger partial charge is 0.338 e. The molecule has 5 nitrogen and oxygen atoms in total. The predicted molar refractivity (Wildman–Crippen MR) is 89.1 cm³/mol. The standard InChI is InChI=1S/C17H20F4N2O3S/c18-14-6-5-12(10-15(14)27(25,26)23-8-1-2-9-23)16(24)22-7-3-4-13(11-22)17(19,20)21/h5-6,10,13H,1-4,7-9,11H2. The lowest BCUT2D eigenvalue weighted by Crippen LogP contribution is -2.44. The molecule has 2 heterocycles. The van der Waals surface area contributed by atoms with Crippen LogP contribution in [0, 0.1) is 11.7 Å². The number of rotatable bonds is 3. The van der Waals surface area contributed by atoms with Gasteiger partial charge in [0.05, 0.1) is 5.92 Å². The fourth-order valence-corrected chi connectivity index (χ4v) is 5.12. The summed E-state index contributed by atoms with van der Waals surface area (Å²) in [4.78, 5) is 13.1. The van der Waals surface area contributed by atoms with Crippen molar-refractivity contribution in [2.75, 3.05) is 26.2 Å². The molecule has 1 unspecified atom stereocenters. The number of alkyl halides is 3. The molecule has 1 atom stereocenters. The first-order valence-electron chi connectivity index (χ1n) is 8.76. The molecule has 0 aliphatic carbocycles. The van der Waals surface area contributed by atoms with Crippen molar-refractivity contribution in [2.45, 2.75) is 36.8 Å². The second kappa shape index (κ2) is 7.38. The molecule has 0 spiro atoms. The van der Waals surface area contributed by atoms with E-state index in [1.165, 1.54) is 0 Å². The maximum atomic E-state index is 14.2. The first kappa shape index (κ1) is 20.1. The number of nitrogens with zero attached hydrogens (tertiary/aromatic N) is 2. The van der Waals surface area contributed by atoms with Gasteiger partial charge < -0.3 is 4.90 Å². The highest BCUT2D eigenvalue weighted by Gasteiger charge is 2.43. The maximum absolute atomic E-state index is 14.2. The molecular weight excluding hydrogens is 388 g/mol. The van der Waals surface area contributed by atoms with Crippen molar-refractivity contribution in [1.29, 1.82) is 0 Å². The first-order valence-corrected chi connectivity index (χ1v) is 10.2. The fourth-order valence-electron chi connectivity index (χ4n) is 3.51. The zero-order valence-corrected chi connectivity index (χ0v) is 15.3. The Labute approximate surface area is 155 Å². The van der Waals surface area contributed by atoms with E-state index in [-0.39, 0.29) is 38.0 Å². The van der Waals surface area contributed by atoms with Crippen LogP contribution in [0.15, 0.2) is 23.1 Å². The number of carbonyl (C=O) groups excluding carboxylic acids is 1. The summed E-state index contributed by atoms with van der Waals surface area (Å²) >= 11 is 0. The van der Waals surface area contributed by atoms with Crippen LogP contribution in [0.25, 0.3) is 0 Å². The average Bonchev–Trinajstić information content (AvgIpc) is 3.16. The maximum Gasteiger partial charge on any atom is 0.393 e. The molecular formula is C17H20F4N2O3S. The number of sulfonamides is 1. The zero-order chi connectivity index (χ0) is 19.8. The van der Waals surface area contributed by atoms with E-state index >= 15 is 0 Å². The Hall–Kier alpha value is -1.68. The SMILES string of the molecule is O=C(c1ccc(F)c(S(=O)(=O)N2CCCC2)c1)N1CCCC(C(F)(F)F)C1. The Balaban J connectivity index is 1.86. The number of carbonyl (C=O) groups is 1. The minimum atomic E-state index is -4.40. The van der Waals surface area contributed by atoms with Crippen LogP contribution in [0.2, 0.25) is 0 Å². The van der Waals surface area contributed by atoms with Crippen LogP contribution in [-0.2, 0) is 10.0 Å². The van der Waals surface area contributed by atoms with Gasteiger partial charge in [0, 0.05) is 31.7 Å². The lowest BCUT2D eigenvalue weighted by atomic mass is 9.97. The van der Waals surface area contributed by atoms with Crippen LogP contribution >= 0.6 is 0 Å². The van der Waals surface area contributed by atoms with Gasteiger partial charge >= 0.3 is 6.18 Å². The van der Waals surface area contributed by atoms with E-state index in [1.807, 2.05) is 0 Å². The van der Waals surface area contributed by atoms with Crippen LogP contribution in [0.3, 0.4) is 0 Å².